The number of hydrogen-bond acceptors (Lipinski definition) is 8. The topological polar surface area (TPSA) is 110 Å². The molecule has 3 amide bonds. The lowest BCUT2D eigenvalue weighted by atomic mass is 10.0. The number of aromatic nitrogens is 5. The number of anilines is 1. The average Bonchev–Trinajstić information content (AvgIpc) is 3.39. The van der Waals surface area contributed by atoms with Gasteiger partial charge in [0.15, 0.2) is 17.0 Å². The van der Waals surface area contributed by atoms with E-state index in [1.54, 1.807) is 16.7 Å². The third kappa shape index (κ3) is 3.54. The van der Waals surface area contributed by atoms with Gasteiger partial charge >= 0.3 is 6.03 Å². The zero-order chi connectivity index (χ0) is 22.1. The number of imide groups is 1. The third-order valence-corrected chi connectivity index (χ3v) is 6.03. The van der Waals surface area contributed by atoms with E-state index >= 15 is 0 Å². The summed E-state index contributed by atoms with van der Waals surface area (Å²) in [5.41, 5.74) is 2.18. The number of carbonyl (C=O) groups is 2. The van der Waals surface area contributed by atoms with Crippen molar-refractivity contribution in [2.45, 2.75) is 18.9 Å². The Balaban J connectivity index is 1.30. The summed E-state index contributed by atoms with van der Waals surface area (Å²) in [5, 5.41) is 8.63. The maximum Gasteiger partial charge on any atom is 0.327 e. The summed E-state index contributed by atoms with van der Waals surface area (Å²) in [6, 6.07) is 9.53. The molecule has 4 heterocycles. The number of fused-ring (bicyclic) bond motifs is 1. The first-order valence-electron chi connectivity index (χ1n) is 10.6. The summed E-state index contributed by atoms with van der Waals surface area (Å²) < 4.78 is 6.72. The molecule has 11 heteroatoms. The summed E-state index contributed by atoms with van der Waals surface area (Å²) >= 11 is 0. The normalized spacial score (nSPS) is 17.7. The SMILES string of the molecule is COCCN1C(=O)CN(C2CCN(c3ncnc4c3nnn4-c3ccccc3)CC2)C1=O. The first-order chi connectivity index (χ1) is 15.7. The highest BCUT2D eigenvalue weighted by molar-refractivity contribution is 6.02. The van der Waals surface area contributed by atoms with Gasteiger partial charge in [-0.15, -0.1) is 5.10 Å². The number of para-hydroxylation sites is 1. The smallest absolute Gasteiger partial charge is 0.327 e. The number of amides is 3. The van der Waals surface area contributed by atoms with Crippen molar-refractivity contribution in [2.24, 2.45) is 0 Å². The average molecular weight is 436 g/mol. The second-order valence-electron chi connectivity index (χ2n) is 7.87. The zero-order valence-corrected chi connectivity index (χ0v) is 17.8. The van der Waals surface area contributed by atoms with Gasteiger partial charge in [0, 0.05) is 26.2 Å². The van der Waals surface area contributed by atoms with Crippen LogP contribution >= 0.6 is 0 Å². The highest BCUT2D eigenvalue weighted by Crippen LogP contribution is 2.28. The van der Waals surface area contributed by atoms with E-state index in [0.717, 1.165) is 24.3 Å². The third-order valence-electron chi connectivity index (χ3n) is 6.03. The molecule has 5 rings (SSSR count). The predicted molar refractivity (Wildman–Crippen MR) is 115 cm³/mol. The van der Waals surface area contributed by atoms with Gasteiger partial charge in [-0.2, -0.15) is 4.68 Å². The van der Waals surface area contributed by atoms with Gasteiger partial charge < -0.3 is 14.5 Å². The lowest BCUT2D eigenvalue weighted by Gasteiger charge is -2.36. The molecule has 1 aromatic carbocycles. The van der Waals surface area contributed by atoms with Gasteiger partial charge in [0.1, 0.15) is 12.9 Å². The fourth-order valence-electron chi connectivity index (χ4n) is 4.35. The standard InChI is InChI=1S/C21H24N8O3/c1-32-12-11-27-17(30)13-28(21(27)31)15-7-9-26(10-8-15)19-18-20(23-14-22-19)29(25-24-18)16-5-3-2-4-6-16/h2-6,14-15H,7-13H2,1H3. The molecule has 2 aromatic heterocycles. The quantitative estimate of drug-likeness (QED) is 0.528. The minimum absolute atomic E-state index is 0.0209. The van der Waals surface area contributed by atoms with Crippen molar-refractivity contribution < 1.29 is 14.3 Å². The van der Waals surface area contributed by atoms with Gasteiger partial charge in [0.25, 0.3) is 0 Å². The van der Waals surface area contributed by atoms with E-state index in [1.165, 1.54) is 11.2 Å². The number of carbonyl (C=O) groups excluding carboxylic acids is 2. The molecule has 166 valence electrons. The van der Waals surface area contributed by atoms with Gasteiger partial charge in [-0.3, -0.25) is 9.69 Å². The first-order valence-corrected chi connectivity index (χ1v) is 10.6. The number of urea groups is 1. The van der Waals surface area contributed by atoms with Crippen LogP contribution in [0, 0.1) is 0 Å². The molecule has 0 aliphatic carbocycles. The Morgan fingerprint density at radius 2 is 1.88 bits per heavy atom. The van der Waals surface area contributed by atoms with Crippen molar-refractivity contribution in [2.75, 3.05) is 44.8 Å². The molecule has 0 N–H and O–H groups in total. The molecule has 3 aromatic rings. The van der Waals surface area contributed by atoms with Gasteiger partial charge in [0.2, 0.25) is 5.91 Å². The first kappa shape index (κ1) is 20.3. The van der Waals surface area contributed by atoms with Crippen LogP contribution < -0.4 is 4.90 Å². The summed E-state index contributed by atoms with van der Waals surface area (Å²) in [5.74, 6) is 0.575. The lowest BCUT2D eigenvalue weighted by molar-refractivity contribution is -0.125. The maximum atomic E-state index is 12.7. The highest BCUT2D eigenvalue weighted by Gasteiger charge is 2.40. The van der Waals surface area contributed by atoms with Crippen LogP contribution in [-0.4, -0.2) is 92.6 Å². The molecular weight excluding hydrogens is 412 g/mol. The summed E-state index contributed by atoms with van der Waals surface area (Å²) in [6.45, 7) is 2.17. The number of nitrogens with zero attached hydrogens (tertiary/aromatic N) is 8. The molecule has 0 bridgehead atoms. The van der Waals surface area contributed by atoms with E-state index in [2.05, 4.69) is 25.2 Å². The molecule has 2 fully saturated rings. The summed E-state index contributed by atoms with van der Waals surface area (Å²) in [7, 11) is 1.56. The highest BCUT2D eigenvalue weighted by atomic mass is 16.5. The molecule has 32 heavy (non-hydrogen) atoms. The molecule has 0 atom stereocenters. The second-order valence-corrected chi connectivity index (χ2v) is 7.87. The van der Waals surface area contributed by atoms with Crippen molar-refractivity contribution in [3.8, 4) is 5.69 Å². The van der Waals surface area contributed by atoms with Gasteiger partial charge in [-0.1, -0.05) is 23.4 Å². The molecule has 0 unspecified atom stereocenters. The van der Waals surface area contributed by atoms with E-state index in [1.807, 2.05) is 30.3 Å². The van der Waals surface area contributed by atoms with Gasteiger partial charge in [0.05, 0.1) is 18.8 Å². The van der Waals surface area contributed by atoms with Crippen molar-refractivity contribution in [1.29, 1.82) is 0 Å². The van der Waals surface area contributed by atoms with E-state index in [9.17, 15) is 9.59 Å². The molecule has 2 aliphatic rings. The van der Waals surface area contributed by atoms with E-state index in [4.69, 9.17) is 4.74 Å². The monoisotopic (exact) mass is 436 g/mol. The minimum atomic E-state index is -0.222. The molecule has 11 nitrogen and oxygen atoms in total. The Morgan fingerprint density at radius 3 is 2.62 bits per heavy atom. The zero-order valence-electron chi connectivity index (χ0n) is 17.8. The van der Waals surface area contributed by atoms with E-state index in [-0.39, 0.29) is 24.5 Å². The Kier molecular flexibility index (Phi) is 5.39. The van der Waals surface area contributed by atoms with Crippen LogP contribution in [-0.2, 0) is 9.53 Å². The van der Waals surface area contributed by atoms with Gasteiger partial charge in [-0.05, 0) is 25.0 Å². The second kappa shape index (κ2) is 8.50. The largest absolute Gasteiger partial charge is 0.383 e. The van der Waals surface area contributed by atoms with Crippen molar-refractivity contribution in [3.63, 3.8) is 0 Å². The van der Waals surface area contributed by atoms with Crippen LogP contribution in [0.3, 0.4) is 0 Å². The molecule has 0 spiro atoms. The van der Waals surface area contributed by atoms with Crippen LogP contribution in [0.15, 0.2) is 36.7 Å². The van der Waals surface area contributed by atoms with Crippen LogP contribution in [0.4, 0.5) is 10.6 Å². The molecule has 2 aliphatic heterocycles. The van der Waals surface area contributed by atoms with E-state index in [0.29, 0.717) is 37.4 Å². The molecule has 0 saturated carbocycles. The number of ether oxygens (including phenoxy) is 1. The fraction of sp³-hybridized carbons (Fsp3) is 0.429. The van der Waals surface area contributed by atoms with Crippen LogP contribution in [0.2, 0.25) is 0 Å². The molecule has 2 saturated heterocycles. The van der Waals surface area contributed by atoms with Crippen LogP contribution in [0.1, 0.15) is 12.8 Å². The number of methoxy groups -OCH3 is 1. The van der Waals surface area contributed by atoms with Gasteiger partial charge in [-0.25, -0.2) is 14.8 Å². The lowest BCUT2D eigenvalue weighted by Crippen LogP contribution is -2.47. The molecule has 0 radical (unpaired) electrons. The Hall–Kier alpha value is -3.60. The number of hydrogen-bond donors (Lipinski definition) is 0. The summed E-state index contributed by atoms with van der Waals surface area (Å²) in [4.78, 5) is 39.0. The summed E-state index contributed by atoms with van der Waals surface area (Å²) in [6.07, 6.45) is 3.02. The predicted octanol–water partition coefficient (Wildman–Crippen LogP) is 1.09. The Morgan fingerprint density at radius 1 is 1.09 bits per heavy atom. The Labute approximate surface area is 184 Å². The van der Waals surface area contributed by atoms with Crippen molar-refractivity contribution in [3.05, 3.63) is 36.7 Å². The number of benzene rings is 1. The maximum absolute atomic E-state index is 12.7. The van der Waals surface area contributed by atoms with E-state index < -0.39 is 0 Å². The Bertz CT molecular complexity index is 1130. The van der Waals surface area contributed by atoms with Crippen LogP contribution in [0.25, 0.3) is 16.9 Å². The van der Waals surface area contributed by atoms with Crippen LogP contribution in [0.5, 0.6) is 0 Å². The number of piperidine rings is 1. The number of rotatable bonds is 6. The minimum Gasteiger partial charge on any atom is -0.383 e. The van der Waals surface area contributed by atoms with Crippen molar-refractivity contribution >= 4 is 28.9 Å². The molecular formula is C21H24N8O3. The fourth-order valence-corrected chi connectivity index (χ4v) is 4.35. The van der Waals surface area contributed by atoms with Crippen molar-refractivity contribution in [1.82, 2.24) is 34.8 Å².